The molecule has 2 aromatic carbocycles. The van der Waals surface area contributed by atoms with Gasteiger partial charge in [0.05, 0.1) is 25.0 Å². The molecular formula is C21H20ClNO4. The lowest BCUT2D eigenvalue weighted by Crippen LogP contribution is -2.31. The molecule has 0 spiro atoms. The molecule has 0 bridgehead atoms. The number of carbonyl (C=O) groups is 2. The van der Waals surface area contributed by atoms with Crippen LogP contribution in [0.2, 0.25) is 0 Å². The third-order valence-corrected chi connectivity index (χ3v) is 4.43. The smallest absolute Gasteiger partial charge is 0.277 e. The van der Waals surface area contributed by atoms with Gasteiger partial charge in [0.15, 0.2) is 0 Å². The molecule has 0 saturated heterocycles. The van der Waals surface area contributed by atoms with Crippen molar-refractivity contribution in [1.29, 1.82) is 0 Å². The quantitative estimate of drug-likeness (QED) is 0.697. The summed E-state index contributed by atoms with van der Waals surface area (Å²) in [5, 5.41) is -0.109. The van der Waals surface area contributed by atoms with Gasteiger partial charge in [-0.05, 0) is 35.7 Å². The molecule has 140 valence electrons. The lowest BCUT2D eigenvalue weighted by molar-refractivity contribution is -0.119. The second-order valence-corrected chi connectivity index (χ2v) is 6.91. The van der Waals surface area contributed by atoms with Gasteiger partial charge < -0.3 is 9.47 Å². The van der Waals surface area contributed by atoms with E-state index in [1.807, 2.05) is 0 Å². The van der Waals surface area contributed by atoms with Gasteiger partial charge in [-0.1, -0.05) is 49.7 Å². The molecule has 1 aliphatic heterocycles. The summed E-state index contributed by atoms with van der Waals surface area (Å²) in [4.78, 5) is 26.7. The van der Waals surface area contributed by atoms with E-state index in [1.165, 1.54) is 7.11 Å². The van der Waals surface area contributed by atoms with E-state index >= 15 is 0 Å². The first-order chi connectivity index (χ1) is 12.9. The number of hydrogen-bond acceptors (Lipinski definition) is 4. The highest BCUT2D eigenvalue weighted by atomic mass is 35.5. The number of rotatable bonds is 6. The Hall–Kier alpha value is -2.79. The Morgan fingerprint density at radius 2 is 1.67 bits per heavy atom. The topological polar surface area (TPSA) is 55.8 Å². The fourth-order valence-electron chi connectivity index (χ4n) is 2.77. The molecule has 0 fully saturated rings. The van der Waals surface area contributed by atoms with E-state index in [-0.39, 0.29) is 10.6 Å². The van der Waals surface area contributed by atoms with Gasteiger partial charge in [-0.15, -0.1) is 0 Å². The molecule has 0 N–H and O–H groups in total. The van der Waals surface area contributed by atoms with Gasteiger partial charge in [0.2, 0.25) is 0 Å². The van der Waals surface area contributed by atoms with Crippen molar-refractivity contribution in [3.05, 3.63) is 59.1 Å². The maximum atomic E-state index is 13.0. The number of methoxy groups -OCH3 is 1. The molecule has 6 heteroatoms. The first kappa shape index (κ1) is 19.0. The van der Waals surface area contributed by atoms with Crippen LogP contribution in [0.5, 0.6) is 11.5 Å². The van der Waals surface area contributed by atoms with E-state index < -0.39 is 11.8 Å². The van der Waals surface area contributed by atoms with Gasteiger partial charge in [0, 0.05) is 0 Å². The number of halogens is 1. The van der Waals surface area contributed by atoms with Crippen LogP contribution in [-0.2, 0) is 9.59 Å². The van der Waals surface area contributed by atoms with Crippen molar-refractivity contribution in [2.75, 3.05) is 18.6 Å². The van der Waals surface area contributed by atoms with Gasteiger partial charge in [0.25, 0.3) is 11.8 Å². The van der Waals surface area contributed by atoms with Gasteiger partial charge in [-0.2, -0.15) is 0 Å². The Labute approximate surface area is 163 Å². The van der Waals surface area contributed by atoms with Crippen LogP contribution in [0.1, 0.15) is 19.4 Å². The lowest BCUT2D eigenvalue weighted by atomic mass is 10.1. The Morgan fingerprint density at radius 3 is 2.30 bits per heavy atom. The highest BCUT2D eigenvalue weighted by Crippen LogP contribution is 2.38. The molecule has 2 amide bonds. The van der Waals surface area contributed by atoms with Crippen LogP contribution in [0.4, 0.5) is 5.69 Å². The number of benzene rings is 2. The molecular weight excluding hydrogens is 366 g/mol. The summed E-state index contributed by atoms with van der Waals surface area (Å²) in [5.41, 5.74) is 1.09. The summed E-state index contributed by atoms with van der Waals surface area (Å²) in [6.07, 6.45) is 0. The molecule has 0 aliphatic carbocycles. The minimum absolute atomic E-state index is 0.109. The first-order valence-electron chi connectivity index (χ1n) is 8.58. The molecule has 0 unspecified atom stereocenters. The van der Waals surface area contributed by atoms with Gasteiger partial charge >= 0.3 is 0 Å². The van der Waals surface area contributed by atoms with Gasteiger partial charge in [-0.3, -0.25) is 9.59 Å². The highest BCUT2D eigenvalue weighted by molar-refractivity contribution is 6.60. The molecule has 0 aromatic heterocycles. The van der Waals surface area contributed by atoms with Crippen molar-refractivity contribution in [2.45, 2.75) is 13.8 Å². The minimum Gasteiger partial charge on any atom is -0.495 e. The number of nitrogens with zero attached hydrogens (tertiary/aromatic N) is 1. The number of para-hydroxylation sites is 2. The monoisotopic (exact) mass is 385 g/mol. The molecule has 0 atom stereocenters. The molecule has 1 aliphatic rings. The lowest BCUT2D eigenvalue weighted by Gasteiger charge is -2.17. The summed E-state index contributed by atoms with van der Waals surface area (Å²) < 4.78 is 10.9. The fourth-order valence-corrected chi connectivity index (χ4v) is 3.04. The number of anilines is 1. The Bertz CT molecular complexity index is 903. The average molecular weight is 386 g/mol. The summed E-state index contributed by atoms with van der Waals surface area (Å²) in [6, 6.07) is 13.8. The largest absolute Gasteiger partial charge is 0.495 e. The average Bonchev–Trinajstić information content (AvgIpc) is 2.89. The van der Waals surface area contributed by atoms with E-state index in [1.54, 1.807) is 48.5 Å². The van der Waals surface area contributed by atoms with Crippen molar-refractivity contribution >= 4 is 34.7 Å². The number of carbonyl (C=O) groups excluding carboxylic acids is 2. The Kier molecular flexibility index (Phi) is 5.51. The van der Waals surface area contributed by atoms with Crippen molar-refractivity contribution in [2.24, 2.45) is 5.92 Å². The zero-order chi connectivity index (χ0) is 19.6. The summed E-state index contributed by atoms with van der Waals surface area (Å²) in [6.45, 7) is 4.73. The summed E-state index contributed by atoms with van der Waals surface area (Å²) in [5.74, 6) is 0.474. The molecule has 2 aromatic rings. The van der Waals surface area contributed by atoms with Crippen LogP contribution >= 0.6 is 11.6 Å². The first-order valence-corrected chi connectivity index (χ1v) is 8.96. The standard InChI is InChI=1S/C21H20ClNO4/c1-13(2)12-27-15-10-8-14(9-11-15)18-19(22)21(25)23(20(18)24)16-6-4-5-7-17(16)26-3/h4-11,13H,12H2,1-3H3. The number of ether oxygens (including phenoxy) is 2. The van der Waals surface area contributed by atoms with Crippen molar-refractivity contribution < 1.29 is 19.1 Å². The van der Waals surface area contributed by atoms with Crippen LogP contribution in [-0.4, -0.2) is 25.5 Å². The molecule has 0 radical (unpaired) electrons. The second-order valence-electron chi connectivity index (χ2n) is 6.54. The van der Waals surface area contributed by atoms with Crippen LogP contribution in [0, 0.1) is 5.92 Å². The van der Waals surface area contributed by atoms with E-state index in [0.717, 1.165) is 4.90 Å². The Morgan fingerprint density at radius 1 is 1.00 bits per heavy atom. The number of amides is 2. The second kappa shape index (κ2) is 7.84. The maximum absolute atomic E-state index is 13.0. The molecule has 5 nitrogen and oxygen atoms in total. The van der Waals surface area contributed by atoms with Crippen LogP contribution in [0.3, 0.4) is 0 Å². The summed E-state index contributed by atoms with van der Waals surface area (Å²) in [7, 11) is 1.48. The zero-order valence-corrected chi connectivity index (χ0v) is 16.1. The maximum Gasteiger partial charge on any atom is 0.277 e. The highest BCUT2D eigenvalue weighted by Gasteiger charge is 2.40. The number of imide groups is 1. The van der Waals surface area contributed by atoms with Crippen LogP contribution < -0.4 is 14.4 Å². The van der Waals surface area contributed by atoms with E-state index in [4.69, 9.17) is 21.1 Å². The summed E-state index contributed by atoms with van der Waals surface area (Å²) >= 11 is 6.24. The fraction of sp³-hybridized carbons (Fsp3) is 0.238. The van der Waals surface area contributed by atoms with Crippen molar-refractivity contribution in [3.63, 3.8) is 0 Å². The molecule has 3 rings (SSSR count). The van der Waals surface area contributed by atoms with Crippen LogP contribution in [0.15, 0.2) is 53.6 Å². The SMILES string of the molecule is COc1ccccc1N1C(=O)C(Cl)=C(c2ccc(OCC(C)C)cc2)C1=O. The molecule has 27 heavy (non-hydrogen) atoms. The molecule has 0 saturated carbocycles. The third-order valence-electron chi connectivity index (χ3n) is 4.08. The van der Waals surface area contributed by atoms with E-state index in [9.17, 15) is 9.59 Å². The van der Waals surface area contributed by atoms with E-state index in [0.29, 0.717) is 35.3 Å². The normalized spacial score (nSPS) is 14.3. The van der Waals surface area contributed by atoms with E-state index in [2.05, 4.69) is 13.8 Å². The zero-order valence-electron chi connectivity index (χ0n) is 15.4. The predicted molar refractivity (Wildman–Crippen MR) is 105 cm³/mol. The van der Waals surface area contributed by atoms with Gasteiger partial charge in [0.1, 0.15) is 16.5 Å². The van der Waals surface area contributed by atoms with Crippen molar-refractivity contribution in [3.8, 4) is 11.5 Å². The molecule has 1 heterocycles. The third kappa shape index (κ3) is 3.69. The minimum atomic E-state index is -0.568. The van der Waals surface area contributed by atoms with Crippen molar-refractivity contribution in [1.82, 2.24) is 0 Å². The predicted octanol–water partition coefficient (Wildman–Crippen LogP) is 4.25. The number of hydrogen-bond donors (Lipinski definition) is 0. The Balaban J connectivity index is 1.90. The van der Waals surface area contributed by atoms with Gasteiger partial charge in [-0.25, -0.2) is 4.90 Å². The van der Waals surface area contributed by atoms with Crippen LogP contribution in [0.25, 0.3) is 5.57 Å².